The quantitative estimate of drug-likeness (QED) is 0.220. The van der Waals surface area contributed by atoms with Gasteiger partial charge < -0.3 is 4.90 Å². The zero-order valence-electron chi connectivity index (χ0n) is 22.5. The first kappa shape index (κ1) is 22.6. The number of rotatable bonds is 2. The van der Waals surface area contributed by atoms with Gasteiger partial charge in [0.2, 0.25) is 0 Å². The Labute approximate surface area is 229 Å². The van der Waals surface area contributed by atoms with Crippen molar-refractivity contribution in [2.75, 3.05) is 4.90 Å². The summed E-state index contributed by atoms with van der Waals surface area (Å²) >= 11 is 0. The van der Waals surface area contributed by atoms with E-state index in [0.29, 0.717) is 5.56 Å². The highest BCUT2D eigenvalue weighted by molar-refractivity contribution is 6.25. The third-order valence-electron chi connectivity index (χ3n) is 10.2. The first-order chi connectivity index (χ1) is 19.0. The van der Waals surface area contributed by atoms with Crippen LogP contribution in [-0.4, -0.2) is 5.54 Å². The molecule has 6 aromatic rings. The highest BCUT2D eigenvalue weighted by atomic mass is 15.3. The van der Waals surface area contributed by atoms with Crippen LogP contribution in [0.2, 0.25) is 0 Å². The molecule has 2 nitrogen and oxygen atoms in total. The summed E-state index contributed by atoms with van der Waals surface area (Å²) in [6.45, 7) is 4.95. The molecule has 8 rings (SSSR count). The predicted octanol–water partition coefficient (Wildman–Crippen LogP) is 9.86. The number of nitriles is 1. The molecule has 0 radical (unpaired) electrons. The van der Waals surface area contributed by atoms with Crippen molar-refractivity contribution in [2.45, 2.75) is 50.5 Å². The Morgan fingerprint density at radius 3 is 2.18 bits per heavy atom. The van der Waals surface area contributed by atoms with Crippen molar-refractivity contribution in [3.05, 3.63) is 108 Å². The second kappa shape index (κ2) is 7.84. The van der Waals surface area contributed by atoms with Crippen LogP contribution in [0.25, 0.3) is 43.4 Å². The Kier molecular flexibility index (Phi) is 4.55. The second-order valence-corrected chi connectivity index (χ2v) is 12.0. The smallest absolute Gasteiger partial charge is 0.0991 e. The minimum Gasteiger partial charge on any atom is -0.334 e. The average molecular weight is 503 g/mol. The SMILES string of the molecule is CC12CCCCC1(C)N(c1ccc(C#N)cc1)c1ccc(-c3ccc4ccc5cccc6ccc3c4c56)cc12. The fourth-order valence-corrected chi connectivity index (χ4v) is 7.98. The molecule has 0 spiro atoms. The normalized spacial score (nSPS) is 22.3. The number of fused-ring (bicyclic) bond motifs is 3. The molecule has 1 fully saturated rings. The molecule has 0 bridgehead atoms. The molecule has 1 aliphatic heterocycles. The minimum absolute atomic E-state index is 0.0109. The van der Waals surface area contributed by atoms with Gasteiger partial charge in [-0.3, -0.25) is 0 Å². The number of hydrogen-bond donors (Lipinski definition) is 0. The van der Waals surface area contributed by atoms with Crippen molar-refractivity contribution in [1.82, 2.24) is 0 Å². The fourth-order valence-electron chi connectivity index (χ4n) is 7.98. The van der Waals surface area contributed by atoms with Gasteiger partial charge in [-0.2, -0.15) is 5.26 Å². The number of hydrogen-bond acceptors (Lipinski definition) is 2. The standard InChI is InChI=1S/C37H30N2/c1-36-20-3-4-21-37(36,2)39(29-15-8-24(23-38)9-16-29)33-19-14-28(22-32(33)36)30-17-12-27-11-10-25-6-5-7-26-13-18-31(30)35(27)34(25)26/h5-19,22H,3-4,20-21H2,1-2H3. The largest absolute Gasteiger partial charge is 0.334 e. The van der Waals surface area contributed by atoms with E-state index in [1.165, 1.54) is 79.6 Å². The Morgan fingerprint density at radius 1 is 0.718 bits per heavy atom. The number of anilines is 2. The van der Waals surface area contributed by atoms with Crippen molar-refractivity contribution in [1.29, 1.82) is 5.26 Å². The van der Waals surface area contributed by atoms with Crippen LogP contribution < -0.4 is 4.90 Å². The van der Waals surface area contributed by atoms with E-state index in [-0.39, 0.29) is 11.0 Å². The summed E-state index contributed by atoms with van der Waals surface area (Å²) in [5.41, 5.74) is 7.30. The van der Waals surface area contributed by atoms with Gasteiger partial charge in [0.05, 0.1) is 17.2 Å². The number of benzene rings is 6. The van der Waals surface area contributed by atoms with Gasteiger partial charge in [-0.15, -0.1) is 0 Å². The van der Waals surface area contributed by atoms with Crippen molar-refractivity contribution < 1.29 is 0 Å². The summed E-state index contributed by atoms with van der Waals surface area (Å²) < 4.78 is 0. The maximum Gasteiger partial charge on any atom is 0.0991 e. The van der Waals surface area contributed by atoms with E-state index in [1.807, 2.05) is 12.1 Å². The zero-order chi connectivity index (χ0) is 26.4. The Morgan fingerprint density at radius 2 is 1.41 bits per heavy atom. The summed E-state index contributed by atoms with van der Waals surface area (Å²) in [6, 6.07) is 38.0. The molecule has 39 heavy (non-hydrogen) atoms. The van der Waals surface area contributed by atoms with E-state index in [4.69, 9.17) is 0 Å². The van der Waals surface area contributed by atoms with Gasteiger partial charge in [-0.25, -0.2) is 0 Å². The highest BCUT2D eigenvalue weighted by Gasteiger charge is 2.57. The molecule has 188 valence electrons. The molecule has 0 saturated heterocycles. The van der Waals surface area contributed by atoms with Crippen molar-refractivity contribution >= 4 is 43.7 Å². The summed E-state index contributed by atoms with van der Waals surface area (Å²) in [5.74, 6) is 0. The molecule has 0 amide bonds. The second-order valence-electron chi connectivity index (χ2n) is 12.0. The minimum atomic E-state index is -0.0109. The maximum absolute atomic E-state index is 9.37. The summed E-state index contributed by atoms with van der Waals surface area (Å²) in [7, 11) is 0. The van der Waals surface area contributed by atoms with E-state index in [1.54, 1.807) is 0 Å². The molecule has 2 aliphatic rings. The van der Waals surface area contributed by atoms with E-state index in [9.17, 15) is 5.26 Å². The van der Waals surface area contributed by atoms with Crippen LogP contribution in [0.4, 0.5) is 11.4 Å². The van der Waals surface area contributed by atoms with Crippen LogP contribution in [0.5, 0.6) is 0 Å². The van der Waals surface area contributed by atoms with Crippen molar-refractivity contribution in [3.63, 3.8) is 0 Å². The van der Waals surface area contributed by atoms with Gasteiger partial charge in [0, 0.05) is 16.8 Å². The predicted molar refractivity (Wildman–Crippen MR) is 163 cm³/mol. The van der Waals surface area contributed by atoms with Crippen molar-refractivity contribution in [2.24, 2.45) is 0 Å². The van der Waals surface area contributed by atoms with Gasteiger partial charge in [0.25, 0.3) is 0 Å². The molecule has 1 aliphatic carbocycles. The molecule has 0 aromatic heterocycles. The Balaban J connectivity index is 1.36. The van der Waals surface area contributed by atoms with E-state index >= 15 is 0 Å². The number of nitrogens with zero attached hydrogens (tertiary/aromatic N) is 2. The van der Waals surface area contributed by atoms with Gasteiger partial charge >= 0.3 is 0 Å². The lowest BCUT2D eigenvalue weighted by Crippen LogP contribution is -2.54. The summed E-state index contributed by atoms with van der Waals surface area (Å²) in [5, 5.41) is 17.4. The Bertz CT molecular complexity index is 1950. The third-order valence-corrected chi connectivity index (χ3v) is 10.2. The van der Waals surface area contributed by atoms with Gasteiger partial charge in [-0.1, -0.05) is 80.4 Å². The molecule has 2 atom stereocenters. The highest BCUT2D eigenvalue weighted by Crippen LogP contribution is 2.61. The monoisotopic (exact) mass is 502 g/mol. The molecular weight excluding hydrogens is 472 g/mol. The van der Waals surface area contributed by atoms with Crippen LogP contribution >= 0.6 is 0 Å². The van der Waals surface area contributed by atoms with E-state index < -0.39 is 0 Å². The summed E-state index contributed by atoms with van der Waals surface area (Å²) in [6.07, 6.45) is 4.85. The van der Waals surface area contributed by atoms with E-state index in [0.717, 1.165) is 6.42 Å². The molecule has 0 N–H and O–H groups in total. The zero-order valence-corrected chi connectivity index (χ0v) is 22.5. The van der Waals surface area contributed by atoms with Crippen LogP contribution in [0, 0.1) is 11.3 Å². The van der Waals surface area contributed by atoms with Crippen molar-refractivity contribution in [3.8, 4) is 17.2 Å². The maximum atomic E-state index is 9.37. The van der Waals surface area contributed by atoms with Gasteiger partial charge in [0.1, 0.15) is 0 Å². The first-order valence-corrected chi connectivity index (χ1v) is 14.1. The summed E-state index contributed by atoms with van der Waals surface area (Å²) in [4.78, 5) is 2.58. The molecule has 2 heteroatoms. The van der Waals surface area contributed by atoms with Crippen LogP contribution in [0.1, 0.15) is 50.7 Å². The molecule has 1 saturated carbocycles. The van der Waals surface area contributed by atoms with E-state index in [2.05, 4.69) is 110 Å². The lowest BCUT2D eigenvalue weighted by molar-refractivity contribution is 0.195. The van der Waals surface area contributed by atoms with Crippen LogP contribution in [0.15, 0.2) is 97.1 Å². The third kappa shape index (κ3) is 2.91. The van der Waals surface area contributed by atoms with Gasteiger partial charge in [-0.05, 0) is 105 Å². The molecule has 6 aromatic carbocycles. The van der Waals surface area contributed by atoms with Gasteiger partial charge in [0.15, 0.2) is 0 Å². The van der Waals surface area contributed by atoms with Crippen LogP contribution in [0.3, 0.4) is 0 Å². The first-order valence-electron chi connectivity index (χ1n) is 14.1. The van der Waals surface area contributed by atoms with Crippen LogP contribution in [-0.2, 0) is 5.41 Å². The topological polar surface area (TPSA) is 27.0 Å². The fraction of sp³-hybridized carbons (Fsp3) is 0.216. The lowest BCUT2D eigenvalue weighted by Gasteiger charge is -2.50. The molecule has 2 unspecified atom stereocenters. The molecular formula is C37H30N2. The molecule has 1 heterocycles. The average Bonchev–Trinajstić information content (AvgIpc) is 3.19. The Hall–Kier alpha value is -4.35. The lowest BCUT2D eigenvalue weighted by atomic mass is 9.61.